The number of carboxylic acids is 2. The van der Waals surface area contributed by atoms with Crippen LogP contribution in [0.2, 0.25) is 0 Å². The van der Waals surface area contributed by atoms with Gasteiger partial charge in [-0.1, -0.05) is 43.5 Å². The van der Waals surface area contributed by atoms with Crippen molar-refractivity contribution in [1.82, 2.24) is 4.90 Å². The van der Waals surface area contributed by atoms with Crippen molar-refractivity contribution in [2.45, 2.75) is 57.0 Å². The first-order valence-corrected chi connectivity index (χ1v) is 10.1. The van der Waals surface area contributed by atoms with Gasteiger partial charge in [-0.15, -0.1) is 0 Å². The van der Waals surface area contributed by atoms with E-state index in [4.69, 9.17) is 10.2 Å². The molecule has 1 saturated carbocycles. The second-order valence-corrected chi connectivity index (χ2v) is 7.53. The van der Waals surface area contributed by atoms with Crippen LogP contribution >= 0.6 is 0 Å². The van der Waals surface area contributed by atoms with Crippen LogP contribution in [-0.4, -0.2) is 51.8 Å². The minimum absolute atomic E-state index is 0.328. The molecule has 1 aliphatic heterocycles. The Morgan fingerprint density at radius 2 is 1.46 bits per heavy atom. The summed E-state index contributed by atoms with van der Waals surface area (Å²) in [5.74, 6) is -1.75. The summed E-state index contributed by atoms with van der Waals surface area (Å²) in [7, 11) is 0. The molecule has 2 fully saturated rings. The number of carboxylic acid groups (broad SMARTS) is 2. The number of hydrogen-bond acceptors (Lipinski definition) is 4. The van der Waals surface area contributed by atoms with Crippen LogP contribution in [-0.2, 0) is 9.59 Å². The monoisotopic (exact) mass is 389 g/mol. The van der Waals surface area contributed by atoms with Crippen LogP contribution in [0.25, 0.3) is 0 Å². The molecule has 1 unspecified atom stereocenters. The maximum absolute atomic E-state index is 10.4. The van der Waals surface area contributed by atoms with Crippen molar-refractivity contribution in [3.05, 3.63) is 47.5 Å². The molecular formula is C22H31NO5. The van der Waals surface area contributed by atoms with Crippen molar-refractivity contribution in [1.29, 1.82) is 0 Å². The molecule has 1 heterocycles. The van der Waals surface area contributed by atoms with Gasteiger partial charge >= 0.3 is 11.9 Å². The van der Waals surface area contributed by atoms with Crippen molar-refractivity contribution in [2.24, 2.45) is 0 Å². The lowest BCUT2D eigenvalue weighted by molar-refractivity contribution is -0.134. The molecule has 0 amide bonds. The molecule has 28 heavy (non-hydrogen) atoms. The van der Waals surface area contributed by atoms with Gasteiger partial charge in [0.05, 0.1) is 6.10 Å². The number of piperidine rings is 1. The van der Waals surface area contributed by atoms with Crippen molar-refractivity contribution < 1.29 is 24.9 Å². The lowest BCUT2D eigenvalue weighted by Gasteiger charge is -2.28. The van der Waals surface area contributed by atoms with Crippen LogP contribution < -0.4 is 0 Å². The van der Waals surface area contributed by atoms with Gasteiger partial charge < -0.3 is 20.2 Å². The number of likely N-dealkylation sites (tertiary alicyclic amines) is 1. The first kappa shape index (κ1) is 22.1. The minimum Gasteiger partial charge on any atom is -0.478 e. The lowest BCUT2D eigenvalue weighted by atomic mass is 9.95. The third-order valence-corrected chi connectivity index (χ3v) is 5.40. The van der Waals surface area contributed by atoms with Gasteiger partial charge in [-0.3, -0.25) is 0 Å². The van der Waals surface area contributed by atoms with Gasteiger partial charge in [0.2, 0.25) is 0 Å². The summed E-state index contributed by atoms with van der Waals surface area (Å²) in [4.78, 5) is 21.5. The fourth-order valence-corrected chi connectivity index (χ4v) is 3.88. The summed E-state index contributed by atoms with van der Waals surface area (Å²) in [5.41, 5.74) is 2.55. The largest absolute Gasteiger partial charge is 0.478 e. The molecule has 0 bridgehead atoms. The molecule has 0 aromatic heterocycles. The summed E-state index contributed by atoms with van der Waals surface area (Å²) in [5, 5.41) is 26.0. The molecular weight excluding hydrogens is 358 g/mol. The van der Waals surface area contributed by atoms with Crippen LogP contribution in [0, 0.1) is 0 Å². The molecule has 1 aromatic rings. The highest BCUT2D eigenvalue weighted by molar-refractivity contribution is 5.89. The fourth-order valence-electron chi connectivity index (χ4n) is 3.88. The maximum atomic E-state index is 10.4. The molecule has 6 heteroatoms. The molecule has 0 radical (unpaired) electrons. The van der Waals surface area contributed by atoms with E-state index >= 15 is 0 Å². The van der Waals surface area contributed by atoms with E-state index in [1.807, 2.05) is 0 Å². The van der Waals surface area contributed by atoms with E-state index in [9.17, 15) is 14.7 Å². The SMILES string of the molecule is O=C(O)C=CC(=O)O.OC(CN1CCCCC1)c1ccc(C2CCCC2)cc1. The molecule has 1 saturated heterocycles. The molecule has 2 aliphatic rings. The predicted molar refractivity (Wildman–Crippen MR) is 107 cm³/mol. The summed E-state index contributed by atoms with van der Waals surface area (Å²) in [6, 6.07) is 8.76. The summed E-state index contributed by atoms with van der Waals surface area (Å²) in [6.45, 7) is 3.09. The van der Waals surface area contributed by atoms with Crippen molar-refractivity contribution in [2.75, 3.05) is 19.6 Å². The highest BCUT2D eigenvalue weighted by Gasteiger charge is 2.19. The number of carbonyl (C=O) groups is 2. The molecule has 154 valence electrons. The van der Waals surface area contributed by atoms with E-state index in [0.29, 0.717) is 12.2 Å². The second-order valence-electron chi connectivity index (χ2n) is 7.53. The average Bonchev–Trinajstić information content (AvgIpc) is 3.23. The number of β-amino-alcohol motifs (C(OH)–C–C–N with tert-alkyl or cyclic N) is 1. The smallest absolute Gasteiger partial charge is 0.328 e. The Morgan fingerprint density at radius 1 is 0.929 bits per heavy atom. The Balaban J connectivity index is 0.000000300. The second kappa shape index (κ2) is 11.6. The number of nitrogens with zero attached hydrogens (tertiary/aromatic N) is 1. The zero-order valence-electron chi connectivity index (χ0n) is 16.3. The zero-order valence-corrected chi connectivity index (χ0v) is 16.3. The zero-order chi connectivity index (χ0) is 20.4. The van der Waals surface area contributed by atoms with Crippen LogP contribution in [0.4, 0.5) is 0 Å². The summed E-state index contributed by atoms with van der Waals surface area (Å²) >= 11 is 0. The fraction of sp³-hybridized carbons (Fsp3) is 0.545. The van der Waals surface area contributed by atoms with Gasteiger partial charge in [0.15, 0.2) is 0 Å². The van der Waals surface area contributed by atoms with Gasteiger partial charge in [0.1, 0.15) is 0 Å². The molecule has 6 nitrogen and oxygen atoms in total. The average molecular weight is 389 g/mol. The number of benzene rings is 1. The van der Waals surface area contributed by atoms with E-state index < -0.39 is 11.9 Å². The lowest BCUT2D eigenvalue weighted by Crippen LogP contribution is -2.33. The van der Waals surface area contributed by atoms with Gasteiger partial charge in [-0.2, -0.15) is 0 Å². The molecule has 1 aromatic carbocycles. The third kappa shape index (κ3) is 7.82. The number of aliphatic hydroxyl groups excluding tert-OH is 1. The molecule has 1 aliphatic carbocycles. The predicted octanol–water partition coefficient (Wildman–Crippen LogP) is 3.58. The van der Waals surface area contributed by atoms with Gasteiger partial charge in [-0.05, 0) is 55.8 Å². The Bertz CT molecular complexity index is 627. The van der Waals surface area contributed by atoms with Crippen molar-refractivity contribution >= 4 is 11.9 Å². The normalized spacial score (nSPS) is 19.2. The van der Waals surface area contributed by atoms with E-state index in [1.54, 1.807) is 0 Å². The van der Waals surface area contributed by atoms with E-state index in [-0.39, 0.29) is 6.10 Å². The maximum Gasteiger partial charge on any atom is 0.328 e. The highest BCUT2D eigenvalue weighted by atomic mass is 16.4. The Hall–Kier alpha value is -2.18. The van der Waals surface area contributed by atoms with Gasteiger partial charge in [-0.25, -0.2) is 9.59 Å². The first-order chi connectivity index (χ1) is 13.5. The Morgan fingerprint density at radius 3 is 1.96 bits per heavy atom. The van der Waals surface area contributed by atoms with Crippen LogP contribution in [0.1, 0.15) is 68.1 Å². The van der Waals surface area contributed by atoms with Gasteiger partial charge in [0.25, 0.3) is 0 Å². The minimum atomic E-state index is -1.26. The standard InChI is InChI=1S/C18H27NO.C4H4O4/c20-18(14-19-12-4-1-5-13-19)17-10-8-16(9-11-17)15-6-2-3-7-15;5-3(6)1-2-4(7)8/h8-11,15,18,20H,1-7,12-14H2;1-2H,(H,5,6)(H,7,8). The van der Waals surface area contributed by atoms with E-state index in [1.165, 1.54) is 50.5 Å². The molecule has 3 N–H and O–H groups in total. The quantitative estimate of drug-likeness (QED) is 0.644. The number of aliphatic carboxylic acids is 2. The Kier molecular flexibility index (Phi) is 9.17. The topological polar surface area (TPSA) is 98.1 Å². The number of rotatable bonds is 6. The first-order valence-electron chi connectivity index (χ1n) is 10.1. The number of aliphatic hydroxyl groups is 1. The Labute approximate surface area is 166 Å². The van der Waals surface area contributed by atoms with Crippen LogP contribution in [0.15, 0.2) is 36.4 Å². The summed E-state index contributed by atoms with van der Waals surface area (Å²) < 4.78 is 0. The summed E-state index contributed by atoms with van der Waals surface area (Å²) in [6.07, 6.45) is 10.2. The molecule has 1 atom stereocenters. The van der Waals surface area contributed by atoms with Crippen molar-refractivity contribution in [3.63, 3.8) is 0 Å². The number of hydrogen-bond donors (Lipinski definition) is 3. The van der Waals surface area contributed by atoms with E-state index in [2.05, 4.69) is 29.2 Å². The highest BCUT2D eigenvalue weighted by Crippen LogP contribution is 2.34. The molecule has 0 spiro atoms. The van der Waals surface area contributed by atoms with Gasteiger partial charge in [0, 0.05) is 18.7 Å². The molecule has 3 rings (SSSR count). The van der Waals surface area contributed by atoms with Crippen LogP contribution in [0.5, 0.6) is 0 Å². The van der Waals surface area contributed by atoms with Crippen LogP contribution in [0.3, 0.4) is 0 Å². The van der Waals surface area contributed by atoms with E-state index in [0.717, 1.165) is 31.1 Å². The van der Waals surface area contributed by atoms with Crippen molar-refractivity contribution in [3.8, 4) is 0 Å². The third-order valence-electron chi connectivity index (χ3n) is 5.40.